The fourth-order valence-electron chi connectivity index (χ4n) is 1.86. The zero-order valence-corrected chi connectivity index (χ0v) is 10.0. The van der Waals surface area contributed by atoms with E-state index in [9.17, 15) is 0 Å². The van der Waals surface area contributed by atoms with E-state index in [2.05, 4.69) is 45.0 Å². The molecule has 0 aliphatic carbocycles. The smallest absolute Gasteiger partial charge is 0.0409 e. The van der Waals surface area contributed by atoms with E-state index in [1.165, 1.54) is 12.0 Å². The topological polar surface area (TPSA) is 26.0 Å². The van der Waals surface area contributed by atoms with Gasteiger partial charge in [0.05, 0.1) is 0 Å². The van der Waals surface area contributed by atoms with Gasteiger partial charge in [-0.15, -0.1) is 0 Å². The average molecular weight is 204 g/mol. The Balaban J connectivity index is 2.45. The Morgan fingerprint density at radius 3 is 2.27 bits per heavy atom. The van der Waals surface area contributed by atoms with Gasteiger partial charge in [-0.05, 0) is 30.2 Å². The second kappa shape index (κ2) is 5.92. The van der Waals surface area contributed by atoms with Gasteiger partial charge in [-0.3, -0.25) is 0 Å². The average Bonchev–Trinajstić information content (AvgIpc) is 2.18. The Morgan fingerprint density at radius 1 is 1.13 bits per heavy atom. The second-order valence-electron chi connectivity index (χ2n) is 4.77. The van der Waals surface area contributed by atoms with Crippen LogP contribution < -0.4 is 5.73 Å². The number of nitrogens with two attached hydrogens (primary N) is 1. The predicted molar refractivity (Wildman–Crippen MR) is 66.2 cm³/mol. The fraction of sp³-hybridized carbons (Fsp3) is 0.500. The molecule has 0 amide bonds. The van der Waals surface area contributed by atoms with Gasteiger partial charge in [0.25, 0.3) is 0 Å². The molecule has 1 heteroatoms. The summed E-state index contributed by atoms with van der Waals surface area (Å²) in [5.74, 6) is 1.24. The molecule has 83 valence electrons. The molecule has 0 saturated carbocycles. The normalized spacial score (nSPS) is 13.5. The molecule has 1 atom stereocenters. The van der Waals surface area contributed by atoms with Crippen molar-refractivity contribution in [3.63, 3.8) is 0 Å². The number of benzene rings is 1. The lowest BCUT2D eigenvalue weighted by Gasteiger charge is -2.20. The molecule has 15 heavy (non-hydrogen) atoms. The van der Waals surface area contributed by atoms with Crippen LogP contribution in [0.2, 0.25) is 0 Å². The van der Waals surface area contributed by atoms with E-state index in [-0.39, 0.29) is 0 Å². The minimum atomic E-state index is 0.519. The van der Waals surface area contributed by atoms with Gasteiger partial charge in [0.2, 0.25) is 0 Å². The van der Waals surface area contributed by atoms with Gasteiger partial charge >= 0.3 is 0 Å². The summed E-state index contributed by atoms with van der Waals surface area (Å²) >= 11 is 0. The Morgan fingerprint density at radius 2 is 1.73 bits per heavy atom. The van der Waals surface area contributed by atoms with Crippen molar-refractivity contribution in [2.24, 2.45) is 17.6 Å². The zero-order chi connectivity index (χ0) is 11.3. The van der Waals surface area contributed by atoms with Gasteiger partial charge in [0.15, 0.2) is 0 Å². The highest BCUT2D eigenvalue weighted by Gasteiger charge is 2.15. The van der Waals surface area contributed by atoms with Crippen LogP contribution in [0.5, 0.6) is 0 Å². The Kier molecular flexibility index (Phi) is 4.83. The predicted octanol–water partition coefficient (Wildman–Crippen LogP) is 3.40. The van der Waals surface area contributed by atoms with E-state index in [0.717, 1.165) is 12.5 Å². The molecule has 0 saturated heterocycles. The molecule has 1 unspecified atom stereocenters. The minimum Gasteiger partial charge on any atom is -0.323 e. The van der Waals surface area contributed by atoms with Gasteiger partial charge in [-0.25, -0.2) is 0 Å². The van der Waals surface area contributed by atoms with Crippen molar-refractivity contribution in [2.45, 2.75) is 33.6 Å². The van der Waals surface area contributed by atoms with Gasteiger partial charge in [0, 0.05) is 6.04 Å². The van der Waals surface area contributed by atoms with Crippen molar-refractivity contribution in [1.82, 2.24) is 0 Å². The lowest BCUT2D eigenvalue weighted by atomic mass is 9.89. The maximum atomic E-state index is 6.11. The molecule has 1 rings (SSSR count). The summed E-state index contributed by atoms with van der Waals surface area (Å²) in [6.45, 7) is 6.71. The van der Waals surface area contributed by atoms with E-state index in [1.54, 1.807) is 0 Å². The molecule has 1 nitrogen and oxygen atoms in total. The van der Waals surface area contributed by atoms with Crippen LogP contribution in [-0.2, 0) is 6.42 Å². The summed E-state index contributed by atoms with van der Waals surface area (Å²) in [6, 6.07) is 11.5. The number of hydrogen-bond donors (Lipinski definition) is 1. The number of hydrogen-bond acceptors (Lipinski definition) is 1. The van der Waals surface area contributed by atoms with Crippen LogP contribution in [0.1, 0.15) is 32.8 Å². The van der Waals surface area contributed by atoms with Crippen molar-refractivity contribution >= 4 is 0 Å². The van der Waals surface area contributed by atoms with Gasteiger partial charge < -0.3 is 5.73 Å². The molecule has 0 spiro atoms. The molecule has 0 aliphatic heterocycles. The Hall–Kier alpha value is -0.820. The summed E-state index contributed by atoms with van der Waals surface area (Å²) < 4.78 is 0. The van der Waals surface area contributed by atoms with Crippen molar-refractivity contribution in [3.05, 3.63) is 41.9 Å². The Bertz CT molecular complexity index is 266. The summed E-state index contributed by atoms with van der Waals surface area (Å²) in [6.07, 6.45) is 2.09. The first kappa shape index (κ1) is 12.3. The second-order valence-corrected chi connectivity index (χ2v) is 4.77. The van der Waals surface area contributed by atoms with Crippen LogP contribution in [-0.4, -0.2) is 0 Å². The first-order valence-corrected chi connectivity index (χ1v) is 5.74. The first-order valence-electron chi connectivity index (χ1n) is 5.74. The van der Waals surface area contributed by atoms with Crippen molar-refractivity contribution in [3.8, 4) is 0 Å². The third-order valence-corrected chi connectivity index (χ3v) is 2.71. The van der Waals surface area contributed by atoms with E-state index in [4.69, 9.17) is 5.73 Å². The van der Waals surface area contributed by atoms with Crippen molar-refractivity contribution in [2.75, 3.05) is 0 Å². The maximum absolute atomic E-state index is 6.11. The third kappa shape index (κ3) is 4.48. The van der Waals surface area contributed by atoms with Gasteiger partial charge in [-0.1, -0.05) is 51.1 Å². The van der Waals surface area contributed by atoms with E-state index in [0.29, 0.717) is 11.8 Å². The molecule has 0 heterocycles. The molecule has 1 radical (unpaired) electrons. The van der Waals surface area contributed by atoms with Crippen molar-refractivity contribution in [1.29, 1.82) is 0 Å². The molecule has 2 N–H and O–H groups in total. The van der Waals surface area contributed by atoms with Gasteiger partial charge in [-0.2, -0.15) is 0 Å². The van der Waals surface area contributed by atoms with Crippen LogP contribution in [0, 0.1) is 17.9 Å². The molecule has 0 fully saturated rings. The third-order valence-electron chi connectivity index (χ3n) is 2.71. The highest BCUT2D eigenvalue weighted by atomic mass is 14.6. The molecule has 1 aromatic carbocycles. The fourth-order valence-corrected chi connectivity index (χ4v) is 1.86. The van der Waals surface area contributed by atoms with Crippen LogP contribution in [0.15, 0.2) is 30.3 Å². The molecule has 0 aliphatic rings. The quantitative estimate of drug-likeness (QED) is 0.781. The van der Waals surface area contributed by atoms with Crippen LogP contribution in [0.4, 0.5) is 0 Å². The lowest BCUT2D eigenvalue weighted by molar-refractivity contribution is 0.436. The molecule has 0 aromatic heterocycles. The van der Waals surface area contributed by atoms with Gasteiger partial charge in [0.1, 0.15) is 0 Å². The molecular weight excluding hydrogens is 182 g/mol. The summed E-state index contributed by atoms with van der Waals surface area (Å²) in [7, 11) is 0. The minimum absolute atomic E-state index is 0.519. The van der Waals surface area contributed by atoms with E-state index in [1.807, 2.05) is 6.07 Å². The highest BCUT2D eigenvalue weighted by molar-refractivity contribution is 5.18. The molecular formula is C14H22N. The SMILES string of the molecule is CC(C)CC(C)[C](N)Cc1ccccc1. The maximum Gasteiger partial charge on any atom is 0.0409 e. The summed E-state index contributed by atoms with van der Waals surface area (Å²) in [4.78, 5) is 0. The van der Waals surface area contributed by atoms with Crippen LogP contribution in [0.3, 0.4) is 0 Å². The summed E-state index contributed by atoms with van der Waals surface area (Å²) in [5, 5.41) is 0. The molecule has 0 bridgehead atoms. The molecule has 1 aromatic rings. The standard InChI is InChI=1S/C14H22N/c1-11(2)9-12(3)14(15)10-13-7-5-4-6-8-13/h4-8,11-12H,9-10,15H2,1-3H3. The lowest BCUT2D eigenvalue weighted by Crippen LogP contribution is -2.22. The monoisotopic (exact) mass is 204 g/mol. The summed E-state index contributed by atoms with van der Waals surface area (Å²) in [5.41, 5.74) is 7.42. The Labute approximate surface area is 93.7 Å². The highest BCUT2D eigenvalue weighted by Crippen LogP contribution is 2.21. The van der Waals surface area contributed by atoms with E-state index >= 15 is 0 Å². The van der Waals surface area contributed by atoms with E-state index < -0.39 is 0 Å². The van der Waals surface area contributed by atoms with Crippen LogP contribution >= 0.6 is 0 Å². The largest absolute Gasteiger partial charge is 0.323 e. The van der Waals surface area contributed by atoms with Crippen LogP contribution in [0.25, 0.3) is 0 Å². The zero-order valence-electron chi connectivity index (χ0n) is 10.0. The first-order chi connectivity index (χ1) is 7.09. The van der Waals surface area contributed by atoms with Crippen molar-refractivity contribution < 1.29 is 0 Å². The number of rotatable bonds is 5.